The fraction of sp³-hybridized carbons (Fsp3) is 1.00. The molecule has 0 aromatic rings. The summed E-state index contributed by atoms with van der Waals surface area (Å²) in [5.74, 6) is -0.454. The average Bonchev–Trinajstić information content (AvgIpc) is 2.45. The van der Waals surface area contributed by atoms with Crippen LogP contribution in [0.4, 0.5) is 13.2 Å². The summed E-state index contributed by atoms with van der Waals surface area (Å²) >= 11 is 0. The zero-order valence-electron chi connectivity index (χ0n) is 15.0. The standard InChI is InChI=1S/C17H34F3NO2S/c1-2-3-4-5-6-7-8-9-10-11-12-13-14-15-16-24(22,23)21-17(18,19)20/h21H,2-16H2,1H3. The maximum atomic E-state index is 11.9. The summed E-state index contributed by atoms with van der Waals surface area (Å²) in [5, 5.41) is 0. The summed E-state index contributed by atoms with van der Waals surface area (Å²) in [4.78, 5) is 0. The van der Waals surface area contributed by atoms with Crippen molar-refractivity contribution in [2.45, 2.75) is 103 Å². The summed E-state index contributed by atoms with van der Waals surface area (Å²) in [7, 11) is -4.23. The Morgan fingerprint density at radius 1 is 0.667 bits per heavy atom. The van der Waals surface area contributed by atoms with E-state index in [2.05, 4.69) is 6.92 Å². The highest BCUT2D eigenvalue weighted by Crippen LogP contribution is 2.14. The highest BCUT2D eigenvalue weighted by molar-refractivity contribution is 7.89. The first-order valence-electron chi connectivity index (χ1n) is 9.35. The van der Waals surface area contributed by atoms with Crippen LogP contribution in [-0.2, 0) is 10.0 Å². The summed E-state index contributed by atoms with van der Waals surface area (Å²) < 4.78 is 58.8. The van der Waals surface area contributed by atoms with Crippen LogP contribution in [0.1, 0.15) is 96.8 Å². The molecule has 0 radical (unpaired) electrons. The number of hydrogen-bond acceptors (Lipinski definition) is 2. The maximum Gasteiger partial charge on any atom is 0.470 e. The van der Waals surface area contributed by atoms with Gasteiger partial charge in [-0.1, -0.05) is 90.4 Å². The van der Waals surface area contributed by atoms with Gasteiger partial charge in [0.2, 0.25) is 10.0 Å². The lowest BCUT2D eigenvalue weighted by atomic mass is 10.0. The summed E-state index contributed by atoms with van der Waals surface area (Å²) in [6, 6.07) is 0. The number of nitrogens with one attached hydrogen (secondary N) is 1. The molecule has 0 atom stereocenters. The Hall–Kier alpha value is -0.300. The average molecular weight is 374 g/mol. The predicted molar refractivity (Wildman–Crippen MR) is 93.3 cm³/mol. The third-order valence-corrected chi connectivity index (χ3v) is 5.41. The van der Waals surface area contributed by atoms with Crippen LogP contribution in [0.15, 0.2) is 0 Å². The van der Waals surface area contributed by atoms with Gasteiger partial charge in [0.1, 0.15) is 0 Å². The maximum absolute atomic E-state index is 11.9. The molecule has 146 valence electrons. The molecular weight excluding hydrogens is 339 g/mol. The van der Waals surface area contributed by atoms with Gasteiger partial charge in [0.25, 0.3) is 0 Å². The minimum absolute atomic E-state index is 0.281. The lowest BCUT2D eigenvalue weighted by Gasteiger charge is -2.09. The first-order chi connectivity index (χ1) is 11.3. The lowest BCUT2D eigenvalue weighted by Crippen LogP contribution is -2.38. The summed E-state index contributed by atoms with van der Waals surface area (Å²) in [6.07, 6.45) is 10.8. The number of sulfonamides is 1. The Balaban J connectivity index is 3.31. The molecule has 0 aromatic heterocycles. The third-order valence-electron chi connectivity index (χ3n) is 4.04. The Kier molecular flexibility index (Phi) is 13.8. The van der Waals surface area contributed by atoms with E-state index < -0.39 is 22.1 Å². The summed E-state index contributed by atoms with van der Waals surface area (Å²) in [6.45, 7) is 2.22. The molecule has 7 heteroatoms. The van der Waals surface area contributed by atoms with Gasteiger partial charge in [0.05, 0.1) is 5.75 Å². The van der Waals surface area contributed by atoms with E-state index in [0.29, 0.717) is 11.1 Å². The second-order valence-corrected chi connectivity index (χ2v) is 8.36. The molecule has 0 aliphatic rings. The van der Waals surface area contributed by atoms with E-state index in [0.717, 1.165) is 19.3 Å². The van der Waals surface area contributed by atoms with Crippen molar-refractivity contribution in [3.05, 3.63) is 0 Å². The SMILES string of the molecule is CCCCCCCCCCCCCCCCS(=O)(=O)NC(F)(F)F. The predicted octanol–water partition coefficient (Wildman–Crippen LogP) is 5.91. The van der Waals surface area contributed by atoms with Crippen molar-refractivity contribution in [2.75, 3.05) is 5.75 Å². The Bertz CT molecular complexity index is 384. The topological polar surface area (TPSA) is 46.2 Å². The van der Waals surface area contributed by atoms with Crippen molar-refractivity contribution < 1.29 is 21.6 Å². The second-order valence-electron chi connectivity index (χ2n) is 6.51. The number of alkyl halides is 3. The molecule has 0 unspecified atom stereocenters. The monoisotopic (exact) mass is 373 g/mol. The minimum atomic E-state index is -4.87. The molecule has 0 fully saturated rings. The number of rotatable bonds is 16. The van der Waals surface area contributed by atoms with Crippen LogP contribution in [0.5, 0.6) is 0 Å². The first kappa shape index (κ1) is 23.7. The van der Waals surface area contributed by atoms with Gasteiger partial charge < -0.3 is 0 Å². The van der Waals surface area contributed by atoms with Gasteiger partial charge >= 0.3 is 6.30 Å². The Labute approximate surface area is 145 Å². The van der Waals surface area contributed by atoms with E-state index in [1.807, 2.05) is 0 Å². The van der Waals surface area contributed by atoms with E-state index in [4.69, 9.17) is 0 Å². The molecule has 0 aliphatic carbocycles. The molecule has 24 heavy (non-hydrogen) atoms. The molecule has 3 nitrogen and oxygen atoms in total. The smallest absolute Gasteiger partial charge is 0.212 e. The second kappa shape index (κ2) is 13.9. The molecule has 0 saturated heterocycles. The van der Waals surface area contributed by atoms with Gasteiger partial charge in [0.15, 0.2) is 0 Å². The number of hydrogen-bond donors (Lipinski definition) is 1. The number of unbranched alkanes of at least 4 members (excludes halogenated alkanes) is 13. The molecule has 0 spiro atoms. The van der Waals surface area contributed by atoms with Gasteiger partial charge in [-0.05, 0) is 6.42 Å². The molecule has 0 aliphatic heterocycles. The molecule has 0 aromatic carbocycles. The van der Waals surface area contributed by atoms with Crippen molar-refractivity contribution in [2.24, 2.45) is 0 Å². The largest absolute Gasteiger partial charge is 0.470 e. The van der Waals surface area contributed by atoms with E-state index in [1.165, 1.54) is 57.8 Å². The lowest BCUT2D eigenvalue weighted by molar-refractivity contribution is -0.138. The third kappa shape index (κ3) is 18.0. The van der Waals surface area contributed by atoms with Gasteiger partial charge in [-0.3, -0.25) is 0 Å². The Morgan fingerprint density at radius 3 is 1.33 bits per heavy atom. The van der Waals surface area contributed by atoms with Crippen LogP contribution in [0.3, 0.4) is 0 Å². The molecule has 0 amide bonds. The fourth-order valence-corrected chi connectivity index (χ4v) is 3.75. The van der Waals surface area contributed by atoms with Gasteiger partial charge in [-0.2, -0.15) is 13.2 Å². The van der Waals surface area contributed by atoms with Crippen LogP contribution in [0.25, 0.3) is 0 Å². The van der Waals surface area contributed by atoms with Gasteiger partial charge in [-0.15, -0.1) is 4.72 Å². The molecule has 0 bridgehead atoms. The van der Waals surface area contributed by atoms with E-state index >= 15 is 0 Å². The van der Waals surface area contributed by atoms with Crippen LogP contribution < -0.4 is 4.72 Å². The van der Waals surface area contributed by atoms with Crippen LogP contribution in [-0.4, -0.2) is 20.5 Å². The fourth-order valence-electron chi connectivity index (χ4n) is 2.71. The van der Waals surface area contributed by atoms with Crippen LogP contribution in [0.2, 0.25) is 0 Å². The molecular formula is C17H34F3NO2S. The van der Waals surface area contributed by atoms with Gasteiger partial charge in [0, 0.05) is 0 Å². The highest BCUT2D eigenvalue weighted by Gasteiger charge is 2.33. The molecule has 0 heterocycles. The van der Waals surface area contributed by atoms with Crippen molar-refractivity contribution >= 4 is 10.0 Å². The zero-order chi connectivity index (χ0) is 18.3. The van der Waals surface area contributed by atoms with Crippen LogP contribution >= 0.6 is 0 Å². The minimum Gasteiger partial charge on any atom is -0.212 e. The van der Waals surface area contributed by atoms with Crippen molar-refractivity contribution in [3.8, 4) is 0 Å². The van der Waals surface area contributed by atoms with E-state index in [1.54, 1.807) is 0 Å². The van der Waals surface area contributed by atoms with E-state index in [-0.39, 0.29) is 6.42 Å². The molecule has 0 rings (SSSR count). The van der Waals surface area contributed by atoms with Crippen molar-refractivity contribution in [1.82, 2.24) is 4.72 Å². The number of halogens is 3. The molecule has 1 N–H and O–H groups in total. The molecule has 0 saturated carbocycles. The summed E-state index contributed by atoms with van der Waals surface area (Å²) in [5.41, 5.74) is 0. The normalized spacial score (nSPS) is 12.7. The van der Waals surface area contributed by atoms with Gasteiger partial charge in [-0.25, -0.2) is 8.42 Å². The quantitative estimate of drug-likeness (QED) is 0.270. The van der Waals surface area contributed by atoms with E-state index in [9.17, 15) is 21.6 Å². The zero-order valence-corrected chi connectivity index (χ0v) is 15.8. The van der Waals surface area contributed by atoms with Crippen LogP contribution in [0, 0.1) is 0 Å². The highest BCUT2D eigenvalue weighted by atomic mass is 32.2. The van der Waals surface area contributed by atoms with Crippen molar-refractivity contribution in [3.63, 3.8) is 0 Å². The first-order valence-corrected chi connectivity index (χ1v) is 11.0. The van der Waals surface area contributed by atoms with Crippen molar-refractivity contribution in [1.29, 1.82) is 0 Å². The Morgan fingerprint density at radius 2 is 1.00 bits per heavy atom.